The Morgan fingerprint density at radius 3 is 0.519 bits per heavy atom. The van der Waals surface area contributed by atoms with E-state index in [4.69, 9.17) is 14.2 Å². The molecule has 0 fully saturated rings. The summed E-state index contributed by atoms with van der Waals surface area (Å²) >= 11 is 0. The molecular weight excluding hydrogens is 949 g/mol. The summed E-state index contributed by atoms with van der Waals surface area (Å²) in [6.07, 6.45) is 78.9. The van der Waals surface area contributed by atoms with Crippen molar-refractivity contribution in [1.82, 2.24) is 0 Å². The summed E-state index contributed by atoms with van der Waals surface area (Å²) in [7, 11) is 0. The Balaban J connectivity index is 3.99. The summed E-state index contributed by atoms with van der Waals surface area (Å²) in [6.45, 7) is 6.69. The van der Waals surface area contributed by atoms with Crippen molar-refractivity contribution in [2.24, 2.45) is 0 Å². The maximum absolute atomic E-state index is 12.9. The van der Waals surface area contributed by atoms with E-state index in [0.29, 0.717) is 19.3 Å². The molecule has 0 radical (unpaired) electrons. The molecule has 0 N–H and O–H groups in total. The number of hydrogen-bond acceptors (Lipinski definition) is 6. The minimum Gasteiger partial charge on any atom is -0.462 e. The fraction of sp³-hybridized carbons (Fsp3) is 0.958. The van der Waals surface area contributed by atoms with Crippen LogP contribution in [0.25, 0.3) is 0 Å². The van der Waals surface area contributed by atoms with Crippen molar-refractivity contribution in [3.63, 3.8) is 0 Å². The van der Waals surface area contributed by atoms with Crippen molar-refractivity contribution in [1.29, 1.82) is 0 Å². The summed E-state index contributed by atoms with van der Waals surface area (Å²) in [5, 5.41) is 0. The van der Waals surface area contributed by atoms with E-state index >= 15 is 0 Å². The number of carbonyl (C=O) groups excluding carboxylic acids is 3. The van der Waals surface area contributed by atoms with Gasteiger partial charge in [-0.05, 0) is 19.3 Å². The average Bonchev–Trinajstić information content (AvgIpc) is 3.43. The highest BCUT2D eigenvalue weighted by Gasteiger charge is 2.19. The lowest BCUT2D eigenvalue weighted by Gasteiger charge is -2.18. The van der Waals surface area contributed by atoms with E-state index in [2.05, 4.69) is 20.8 Å². The van der Waals surface area contributed by atoms with Crippen molar-refractivity contribution in [2.45, 2.75) is 425 Å². The number of rotatable bonds is 67. The van der Waals surface area contributed by atoms with Crippen LogP contribution in [0.3, 0.4) is 0 Å². The molecule has 0 aromatic rings. The maximum atomic E-state index is 12.9. The third kappa shape index (κ3) is 65.1. The standard InChI is InChI=1S/C71H138O6/c1-4-7-10-13-16-18-20-22-24-26-28-30-32-34-36-38-40-42-44-46-48-50-52-55-58-61-64-70(73)76-67-68(66-75-69(72)63-60-57-54-15-12-9-6-3)77-71(74)65-62-59-56-53-51-49-47-45-43-41-39-37-35-33-31-29-27-25-23-21-19-17-14-11-8-5-2/h68H,4-67H2,1-3H3. The highest BCUT2D eigenvalue weighted by molar-refractivity contribution is 5.71. The van der Waals surface area contributed by atoms with E-state index in [0.717, 1.165) is 57.8 Å². The van der Waals surface area contributed by atoms with Crippen LogP contribution in [0, 0.1) is 0 Å². The Morgan fingerprint density at radius 1 is 0.208 bits per heavy atom. The van der Waals surface area contributed by atoms with Gasteiger partial charge in [0.15, 0.2) is 6.10 Å². The topological polar surface area (TPSA) is 78.9 Å². The van der Waals surface area contributed by atoms with Crippen molar-refractivity contribution < 1.29 is 28.6 Å². The highest BCUT2D eigenvalue weighted by Crippen LogP contribution is 2.20. The number of hydrogen-bond donors (Lipinski definition) is 0. The predicted molar refractivity (Wildman–Crippen MR) is 335 cm³/mol. The third-order valence-electron chi connectivity index (χ3n) is 16.6. The molecule has 1 atom stereocenters. The number of ether oxygens (including phenoxy) is 3. The summed E-state index contributed by atoms with van der Waals surface area (Å²) in [6, 6.07) is 0. The van der Waals surface area contributed by atoms with Gasteiger partial charge in [-0.2, -0.15) is 0 Å². The third-order valence-corrected chi connectivity index (χ3v) is 16.6. The summed E-state index contributed by atoms with van der Waals surface area (Å²) < 4.78 is 16.9. The van der Waals surface area contributed by atoms with Gasteiger partial charge in [0.25, 0.3) is 0 Å². The molecule has 0 aromatic carbocycles. The number of carbonyl (C=O) groups is 3. The molecule has 0 amide bonds. The second-order valence-corrected chi connectivity index (χ2v) is 24.5. The molecule has 6 heteroatoms. The highest BCUT2D eigenvalue weighted by atomic mass is 16.6. The summed E-state index contributed by atoms with van der Waals surface area (Å²) in [4.78, 5) is 38.2. The first-order chi connectivity index (χ1) is 38.0. The Morgan fingerprint density at radius 2 is 0.351 bits per heavy atom. The first-order valence-corrected chi connectivity index (χ1v) is 35.5. The van der Waals surface area contributed by atoms with Crippen LogP contribution in [0.1, 0.15) is 419 Å². The van der Waals surface area contributed by atoms with Gasteiger partial charge >= 0.3 is 17.9 Å². The summed E-state index contributed by atoms with van der Waals surface area (Å²) in [5.74, 6) is -0.832. The molecule has 0 bridgehead atoms. The minimum atomic E-state index is -0.762. The first kappa shape index (κ1) is 75.4. The maximum Gasteiger partial charge on any atom is 0.306 e. The van der Waals surface area contributed by atoms with Crippen LogP contribution in [0.2, 0.25) is 0 Å². The van der Waals surface area contributed by atoms with Gasteiger partial charge in [0.2, 0.25) is 0 Å². The summed E-state index contributed by atoms with van der Waals surface area (Å²) in [5.41, 5.74) is 0. The van der Waals surface area contributed by atoms with Crippen LogP contribution < -0.4 is 0 Å². The largest absolute Gasteiger partial charge is 0.462 e. The Kier molecular flexibility index (Phi) is 65.5. The number of esters is 3. The Bertz CT molecular complexity index is 1160. The van der Waals surface area contributed by atoms with Crippen LogP contribution in [-0.2, 0) is 28.6 Å². The van der Waals surface area contributed by atoms with Crippen LogP contribution in [0.15, 0.2) is 0 Å². The Labute approximate surface area is 482 Å². The van der Waals surface area contributed by atoms with Crippen molar-refractivity contribution in [2.75, 3.05) is 13.2 Å². The zero-order valence-corrected chi connectivity index (χ0v) is 52.8. The van der Waals surface area contributed by atoms with Gasteiger partial charge in [-0.1, -0.05) is 380 Å². The lowest BCUT2D eigenvalue weighted by molar-refractivity contribution is -0.167. The van der Waals surface area contributed by atoms with Gasteiger partial charge < -0.3 is 14.2 Å². The molecule has 77 heavy (non-hydrogen) atoms. The molecule has 1 unspecified atom stereocenters. The molecule has 0 aromatic heterocycles. The smallest absolute Gasteiger partial charge is 0.306 e. The lowest BCUT2D eigenvalue weighted by atomic mass is 10.0. The molecule has 0 aliphatic heterocycles. The van der Waals surface area contributed by atoms with E-state index in [1.165, 1.54) is 321 Å². The van der Waals surface area contributed by atoms with Crippen molar-refractivity contribution >= 4 is 17.9 Å². The molecule has 458 valence electrons. The van der Waals surface area contributed by atoms with Gasteiger partial charge in [0, 0.05) is 19.3 Å². The fourth-order valence-corrected chi connectivity index (χ4v) is 11.3. The lowest BCUT2D eigenvalue weighted by Crippen LogP contribution is -2.30. The van der Waals surface area contributed by atoms with E-state index in [1.54, 1.807) is 0 Å². The van der Waals surface area contributed by atoms with Gasteiger partial charge in [0.05, 0.1) is 0 Å². The van der Waals surface area contributed by atoms with Crippen LogP contribution in [0.4, 0.5) is 0 Å². The zero-order chi connectivity index (χ0) is 55.7. The van der Waals surface area contributed by atoms with Gasteiger partial charge in [-0.15, -0.1) is 0 Å². The van der Waals surface area contributed by atoms with Gasteiger partial charge in [0.1, 0.15) is 13.2 Å². The molecule has 6 nitrogen and oxygen atoms in total. The molecule has 0 heterocycles. The second kappa shape index (κ2) is 66.9. The van der Waals surface area contributed by atoms with Gasteiger partial charge in [-0.3, -0.25) is 14.4 Å². The minimum absolute atomic E-state index is 0.0612. The fourth-order valence-electron chi connectivity index (χ4n) is 11.3. The van der Waals surface area contributed by atoms with Crippen molar-refractivity contribution in [3.8, 4) is 0 Å². The van der Waals surface area contributed by atoms with Crippen LogP contribution in [-0.4, -0.2) is 37.2 Å². The van der Waals surface area contributed by atoms with Gasteiger partial charge in [-0.25, -0.2) is 0 Å². The second-order valence-electron chi connectivity index (χ2n) is 24.5. The Hall–Kier alpha value is -1.59. The molecule has 0 aliphatic carbocycles. The normalized spacial score (nSPS) is 11.9. The van der Waals surface area contributed by atoms with Crippen molar-refractivity contribution in [3.05, 3.63) is 0 Å². The molecule has 0 spiro atoms. The molecule has 0 aliphatic rings. The van der Waals surface area contributed by atoms with E-state index in [9.17, 15) is 14.4 Å². The molecular formula is C71H138O6. The first-order valence-electron chi connectivity index (χ1n) is 35.5. The number of unbranched alkanes of at least 4 members (excludes halogenated alkanes) is 56. The van der Waals surface area contributed by atoms with E-state index in [-0.39, 0.29) is 31.1 Å². The van der Waals surface area contributed by atoms with Crippen LogP contribution in [0.5, 0.6) is 0 Å². The quantitative estimate of drug-likeness (QED) is 0.0343. The van der Waals surface area contributed by atoms with E-state index < -0.39 is 6.10 Å². The molecule has 0 rings (SSSR count). The molecule has 0 saturated carbocycles. The SMILES string of the molecule is CCCCCCCCCCCCCCCCCCCCCCCCCCCCC(=O)OCC(COC(=O)CCCCCCCCC)OC(=O)CCCCCCCCCCCCCCCCCCCCCCCCCCCC. The molecule has 0 saturated heterocycles. The monoisotopic (exact) mass is 1090 g/mol. The average molecular weight is 1090 g/mol. The predicted octanol–water partition coefficient (Wildman–Crippen LogP) is 24.2. The zero-order valence-electron chi connectivity index (χ0n) is 52.8. The van der Waals surface area contributed by atoms with Crippen LogP contribution >= 0.6 is 0 Å². The van der Waals surface area contributed by atoms with E-state index in [1.807, 2.05) is 0 Å².